The van der Waals surface area contributed by atoms with Crippen molar-refractivity contribution in [1.29, 1.82) is 0 Å². The third-order valence-electron chi connectivity index (χ3n) is 3.81. The monoisotopic (exact) mass is 327 g/mol. The Morgan fingerprint density at radius 1 is 1.38 bits per heavy atom. The van der Waals surface area contributed by atoms with E-state index in [1.54, 1.807) is 16.6 Å². The molecule has 0 saturated carbocycles. The molecule has 0 radical (unpaired) electrons. The van der Waals surface area contributed by atoms with E-state index >= 15 is 0 Å². The summed E-state index contributed by atoms with van der Waals surface area (Å²) in [6.45, 7) is 2.58. The van der Waals surface area contributed by atoms with Gasteiger partial charge in [0.1, 0.15) is 5.52 Å². The molecule has 126 valence electrons. The van der Waals surface area contributed by atoms with Gasteiger partial charge in [0.05, 0.1) is 23.4 Å². The van der Waals surface area contributed by atoms with Crippen molar-refractivity contribution in [3.05, 3.63) is 35.7 Å². The fraction of sp³-hybridized carbons (Fsp3) is 0.375. The fourth-order valence-corrected chi connectivity index (χ4v) is 2.54. The quantitative estimate of drug-likeness (QED) is 0.752. The summed E-state index contributed by atoms with van der Waals surface area (Å²) in [6, 6.07) is 7.34. The number of nitrogens with one attached hydrogen (secondary N) is 2. The second kappa shape index (κ2) is 6.69. The van der Waals surface area contributed by atoms with E-state index in [2.05, 4.69) is 32.7 Å². The van der Waals surface area contributed by atoms with Gasteiger partial charge in [-0.3, -0.25) is 5.10 Å². The molecule has 0 atom stereocenters. The number of rotatable bonds is 5. The maximum atomic E-state index is 12.3. The number of nitrogens with zero attached hydrogens (tertiary/aromatic N) is 5. The van der Waals surface area contributed by atoms with E-state index < -0.39 is 0 Å². The lowest BCUT2D eigenvalue weighted by Gasteiger charge is -2.17. The predicted octanol–water partition coefficient (Wildman–Crippen LogP) is 2.31. The summed E-state index contributed by atoms with van der Waals surface area (Å²) in [5, 5.41) is 18.1. The number of hydrogen-bond acceptors (Lipinski definition) is 4. The van der Waals surface area contributed by atoms with Gasteiger partial charge in [0, 0.05) is 19.8 Å². The predicted molar refractivity (Wildman–Crippen MR) is 91.6 cm³/mol. The van der Waals surface area contributed by atoms with E-state index in [1.165, 1.54) is 0 Å². The second-order valence-corrected chi connectivity index (χ2v) is 5.84. The zero-order valence-electron chi connectivity index (χ0n) is 14.1. The van der Waals surface area contributed by atoms with Gasteiger partial charge in [0.2, 0.25) is 0 Å². The van der Waals surface area contributed by atoms with E-state index in [0.29, 0.717) is 12.2 Å². The van der Waals surface area contributed by atoms with Gasteiger partial charge in [-0.05, 0) is 30.7 Å². The van der Waals surface area contributed by atoms with E-state index in [0.717, 1.165) is 35.3 Å². The molecule has 2 heterocycles. The molecule has 3 aromatic rings. The number of H-pyrrole nitrogens is 1. The molecule has 8 nitrogen and oxygen atoms in total. The number of benzene rings is 1. The number of carbonyl (C=O) groups excluding carboxylic acids is 1. The van der Waals surface area contributed by atoms with E-state index in [4.69, 9.17) is 0 Å². The van der Waals surface area contributed by atoms with Gasteiger partial charge in [-0.25, -0.2) is 9.48 Å². The number of fused-ring (bicyclic) bond motifs is 1. The summed E-state index contributed by atoms with van der Waals surface area (Å²) >= 11 is 0. The number of aromatic amines is 1. The van der Waals surface area contributed by atoms with Crippen LogP contribution in [-0.2, 0) is 20.0 Å². The highest BCUT2D eigenvalue weighted by molar-refractivity contribution is 5.91. The Hall–Kier alpha value is -2.90. The minimum atomic E-state index is -0.190. The molecule has 8 heteroatoms. The molecule has 3 rings (SSSR count). The van der Waals surface area contributed by atoms with Crippen molar-refractivity contribution in [2.45, 2.75) is 26.3 Å². The third kappa shape index (κ3) is 3.37. The third-order valence-corrected chi connectivity index (χ3v) is 3.81. The topological polar surface area (TPSA) is 91.7 Å². The Morgan fingerprint density at radius 2 is 2.21 bits per heavy atom. The lowest BCUT2D eigenvalue weighted by atomic mass is 10.2. The van der Waals surface area contributed by atoms with Crippen molar-refractivity contribution in [2.75, 3.05) is 12.4 Å². The molecule has 0 saturated heterocycles. The smallest absolute Gasteiger partial charge is 0.321 e. The minimum Gasteiger partial charge on any atom is -0.322 e. The average Bonchev–Trinajstić information content (AvgIpc) is 3.14. The minimum absolute atomic E-state index is 0.190. The molecule has 0 aliphatic carbocycles. The van der Waals surface area contributed by atoms with E-state index in [9.17, 15) is 4.79 Å². The molecule has 0 bridgehead atoms. The number of aryl methyl sites for hydroxylation is 2. The highest BCUT2D eigenvalue weighted by Crippen LogP contribution is 2.17. The number of carbonyl (C=O) groups is 1. The Morgan fingerprint density at radius 3 is 3.00 bits per heavy atom. The van der Waals surface area contributed by atoms with Gasteiger partial charge < -0.3 is 10.2 Å². The molecular formula is C16H21N7O. The molecule has 0 unspecified atom stereocenters. The summed E-state index contributed by atoms with van der Waals surface area (Å²) in [6.07, 6.45) is 1.98. The first-order valence-electron chi connectivity index (χ1n) is 7.91. The summed E-state index contributed by atoms with van der Waals surface area (Å²) < 4.78 is 1.69. The van der Waals surface area contributed by atoms with Crippen LogP contribution in [0.25, 0.3) is 11.0 Å². The number of urea groups is 1. The number of aromatic nitrogens is 5. The second-order valence-electron chi connectivity index (χ2n) is 5.84. The highest BCUT2D eigenvalue weighted by atomic mass is 16.2. The van der Waals surface area contributed by atoms with Crippen LogP contribution in [0.1, 0.15) is 24.7 Å². The maximum absolute atomic E-state index is 12.3. The Bertz CT molecular complexity index is 851. The van der Waals surface area contributed by atoms with Crippen LogP contribution in [0.4, 0.5) is 10.5 Å². The Labute approximate surface area is 139 Å². The Kier molecular flexibility index (Phi) is 4.45. The van der Waals surface area contributed by atoms with E-state index in [1.807, 2.05) is 31.3 Å². The number of amides is 2. The standard InChI is InChI=1S/C16H21N7O/c1-4-5-12-8-13(19-18-12)10-22(2)16(24)17-11-6-7-15-14(9-11)20-21-23(15)3/h6-9H,4-5,10H2,1-3H3,(H,17,24)(H,18,19). The molecule has 0 fully saturated rings. The first-order chi connectivity index (χ1) is 11.6. The molecule has 2 amide bonds. The zero-order chi connectivity index (χ0) is 17.1. The lowest BCUT2D eigenvalue weighted by molar-refractivity contribution is 0.220. The van der Waals surface area contributed by atoms with Crippen LogP contribution in [0.2, 0.25) is 0 Å². The number of anilines is 1. The zero-order valence-corrected chi connectivity index (χ0v) is 14.1. The van der Waals surface area contributed by atoms with Crippen molar-refractivity contribution >= 4 is 22.8 Å². The molecule has 0 aliphatic rings. The van der Waals surface area contributed by atoms with Gasteiger partial charge in [-0.2, -0.15) is 5.10 Å². The molecule has 2 N–H and O–H groups in total. The molecular weight excluding hydrogens is 306 g/mol. The van der Waals surface area contributed by atoms with Gasteiger partial charge in [-0.15, -0.1) is 5.10 Å². The SMILES string of the molecule is CCCc1cc(CN(C)C(=O)Nc2ccc3c(c2)nnn3C)[nH]n1. The van der Waals surface area contributed by atoms with Crippen LogP contribution in [0, 0.1) is 0 Å². The van der Waals surface area contributed by atoms with Gasteiger partial charge in [-0.1, -0.05) is 18.6 Å². The van der Waals surface area contributed by atoms with Crippen LogP contribution in [0.15, 0.2) is 24.3 Å². The summed E-state index contributed by atoms with van der Waals surface area (Å²) in [7, 11) is 3.58. The van der Waals surface area contributed by atoms with Crippen molar-refractivity contribution in [3.63, 3.8) is 0 Å². The summed E-state index contributed by atoms with van der Waals surface area (Å²) in [5.41, 5.74) is 4.30. The average molecular weight is 327 g/mol. The first-order valence-corrected chi connectivity index (χ1v) is 7.91. The molecule has 1 aromatic carbocycles. The van der Waals surface area contributed by atoms with Crippen molar-refractivity contribution in [2.24, 2.45) is 7.05 Å². The lowest BCUT2D eigenvalue weighted by Crippen LogP contribution is -2.30. The van der Waals surface area contributed by atoms with Gasteiger partial charge in [0.25, 0.3) is 0 Å². The molecule has 2 aromatic heterocycles. The highest BCUT2D eigenvalue weighted by Gasteiger charge is 2.12. The first kappa shape index (κ1) is 16.0. The molecule has 24 heavy (non-hydrogen) atoms. The van der Waals surface area contributed by atoms with Crippen LogP contribution in [-0.4, -0.2) is 43.2 Å². The molecule has 0 spiro atoms. The van der Waals surface area contributed by atoms with Gasteiger partial charge in [0.15, 0.2) is 0 Å². The van der Waals surface area contributed by atoms with Crippen LogP contribution < -0.4 is 5.32 Å². The summed E-state index contributed by atoms with van der Waals surface area (Å²) in [5.74, 6) is 0. The van der Waals surface area contributed by atoms with E-state index in [-0.39, 0.29) is 6.03 Å². The fourth-order valence-electron chi connectivity index (χ4n) is 2.54. The normalized spacial score (nSPS) is 11.0. The maximum Gasteiger partial charge on any atom is 0.321 e. The van der Waals surface area contributed by atoms with Crippen LogP contribution in [0.5, 0.6) is 0 Å². The Balaban J connectivity index is 1.63. The van der Waals surface area contributed by atoms with Crippen molar-refractivity contribution in [3.8, 4) is 0 Å². The van der Waals surface area contributed by atoms with Crippen LogP contribution in [0.3, 0.4) is 0 Å². The van der Waals surface area contributed by atoms with Crippen molar-refractivity contribution in [1.82, 2.24) is 30.1 Å². The van der Waals surface area contributed by atoms with Gasteiger partial charge >= 0.3 is 6.03 Å². The largest absolute Gasteiger partial charge is 0.322 e. The summed E-state index contributed by atoms with van der Waals surface area (Å²) in [4.78, 5) is 13.9. The van der Waals surface area contributed by atoms with Crippen molar-refractivity contribution < 1.29 is 4.79 Å². The number of hydrogen-bond donors (Lipinski definition) is 2. The van der Waals surface area contributed by atoms with Crippen LogP contribution >= 0.6 is 0 Å². The molecule has 0 aliphatic heterocycles.